The Hall–Kier alpha value is -0.610. The maximum atomic E-state index is 5.96. The summed E-state index contributed by atoms with van der Waals surface area (Å²) in [5, 5.41) is 8.29. The van der Waals surface area contributed by atoms with Gasteiger partial charge in [0.25, 0.3) is 0 Å². The lowest BCUT2D eigenvalue weighted by molar-refractivity contribution is -0.0228. The number of ether oxygens (including phenoxy) is 1. The van der Waals surface area contributed by atoms with E-state index >= 15 is 0 Å². The van der Waals surface area contributed by atoms with Crippen LogP contribution < -0.4 is 0 Å². The summed E-state index contributed by atoms with van der Waals surface area (Å²) in [5.41, 5.74) is -0.245. The van der Waals surface area contributed by atoms with Gasteiger partial charge in [-0.15, -0.1) is 10.2 Å². The maximum absolute atomic E-state index is 5.96. The second-order valence-electron chi connectivity index (χ2n) is 4.02. The van der Waals surface area contributed by atoms with Crippen molar-refractivity contribution in [1.82, 2.24) is 14.8 Å². The molecule has 0 aliphatic heterocycles. The Morgan fingerprint density at radius 3 is 2.53 bits per heavy atom. The Labute approximate surface area is 95.6 Å². The molecule has 0 atom stereocenters. The molecule has 4 nitrogen and oxygen atoms in total. The van der Waals surface area contributed by atoms with Crippen LogP contribution in [0.3, 0.4) is 0 Å². The van der Waals surface area contributed by atoms with Crippen molar-refractivity contribution in [2.24, 2.45) is 0 Å². The highest BCUT2D eigenvalue weighted by Gasteiger charge is 2.21. The van der Waals surface area contributed by atoms with Crippen LogP contribution in [0.2, 0.25) is 5.28 Å². The fraction of sp³-hybridized carbons (Fsp3) is 0.800. The molecule has 0 saturated carbocycles. The number of halogens is 1. The van der Waals surface area contributed by atoms with Crippen molar-refractivity contribution in [3.8, 4) is 0 Å². The third-order valence-corrected chi connectivity index (χ3v) is 2.45. The second kappa shape index (κ2) is 4.94. The molecule has 0 N–H and O–H groups in total. The number of nitrogens with zero attached hydrogens (tertiary/aromatic N) is 3. The van der Waals surface area contributed by atoms with Gasteiger partial charge in [-0.2, -0.15) is 0 Å². The molecule has 86 valence electrons. The first-order valence-electron chi connectivity index (χ1n) is 5.21. The molecule has 0 spiro atoms. The largest absolute Gasteiger partial charge is 0.374 e. The van der Waals surface area contributed by atoms with Crippen LogP contribution in [0.15, 0.2) is 0 Å². The normalized spacial score (nSPS) is 12.1. The van der Waals surface area contributed by atoms with E-state index in [9.17, 15) is 0 Å². The third-order valence-electron chi connectivity index (χ3n) is 2.17. The average molecular weight is 232 g/mol. The predicted molar refractivity (Wildman–Crippen MR) is 60.1 cm³/mol. The molecular weight excluding hydrogens is 214 g/mol. The Morgan fingerprint density at radius 2 is 2.00 bits per heavy atom. The molecule has 0 aliphatic rings. The Bertz CT molecular complexity index is 322. The zero-order valence-electron chi connectivity index (χ0n) is 9.75. The fourth-order valence-electron chi connectivity index (χ4n) is 1.55. The van der Waals surface area contributed by atoms with E-state index in [1.165, 1.54) is 0 Å². The molecule has 1 heterocycles. The van der Waals surface area contributed by atoms with Gasteiger partial charge in [0, 0.05) is 13.0 Å². The van der Waals surface area contributed by atoms with Crippen molar-refractivity contribution in [2.75, 3.05) is 6.61 Å². The predicted octanol–water partition coefficient (Wildman–Crippen LogP) is 2.31. The molecule has 0 unspecified atom stereocenters. The van der Waals surface area contributed by atoms with Gasteiger partial charge in [0.05, 0.1) is 12.1 Å². The standard InChI is InChI=1S/C10H18ClN3O/c1-5-8-12-13-9(11)14(8)7-10(3,4)15-6-2/h5-7H2,1-4H3. The zero-order valence-corrected chi connectivity index (χ0v) is 10.5. The SMILES string of the molecule is CCOC(C)(C)Cn1c(Cl)nnc1CC. The van der Waals surface area contributed by atoms with Gasteiger partial charge in [-0.3, -0.25) is 4.57 Å². The Kier molecular flexibility index (Phi) is 4.11. The molecule has 5 heteroatoms. The minimum Gasteiger partial charge on any atom is -0.374 e. The molecule has 1 aromatic rings. The van der Waals surface area contributed by atoms with Gasteiger partial charge >= 0.3 is 0 Å². The summed E-state index contributed by atoms with van der Waals surface area (Å²) < 4.78 is 7.52. The Morgan fingerprint density at radius 1 is 1.33 bits per heavy atom. The van der Waals surface area contributed by atoms with E-state index in [0.29, 0.717) is 18.4 Å². The van der Waals surface area contributed by atoms with Crippen LogP contribution in [-0.4, -0.2) is 27.0 Å². The summed E-state index contributed by atoms with van der Waals surface area (Å²) >= 11 is 5.96. The van der Waals surface area contributed by atoms with Crippen molar-refractivity contribution in [1.29, 1.82) is 0 Å². The summed E-state index contributed by atoms with van der Waals surface area (Å²) in [4.78, 5) is 0. The van der Waals surface area contributed by atoms with E-state index in [-0.39, 0.29) is 5.60 Å². The highest BCUT2D eigenvalue weighted by molar-refractivity contribution is 6.28. The van der Waals surface area contributed by atoms with Crippen molar-refractivity contribution < 1.29 is 4.74 Å². The monoisotopic (exact) mass is 231 g/mol. The number of rotatable bonds is 5. The zero-order chi connectivity index (χ0) is 11.5. The van der Waals surface area contributed by atoms with Gasteiger partial charge in [-0.25, -0.2) is 0 Å². The second-order valence-corrected chi connectivity index (χ2v) is 4.36. The number of aryl methyl sites for hydroxylation is 1. The Balaban J connectivity index is 2.83. The smallest absolute Gasteiger partial charge is 0.225 e. The minimum absolute atomic E-state index is 0.245. The van der Waals surface area contributed by atoms with Crippen LogP contribution in [0, 0.1) is 0 Å². The van der Waals surface area contributed by atoms with Gasteiger partial charge < -0.3 is 4.74 Å². The summed E-state index contributed by atoms with van der Waals surface area (Å²) in [7, 11) is 0. The van der Waals surface area contributed by atoms with E-state index in [2.05, 4.69) is 10.2 Å². The van der Waals surface area contributed by atoms with Gasteiger partial charge in [-0.05, 0) is 32.4 Å². The van der Waals surface area contributed by atoms with Crippen LogP contribution in [0.5, 0.6) is 0 Å². The lowest BCUT2D eigenvalue weighted by atomic mass is 10.1. The summed E-state index contributed by atoms with van der Waals surface area (Å²) in [5.74, 6) is 0.896. The molecule has 0 radical (unpaired) electrons. The molecule has 0 saturated heterocycles. The van der Waals surface area contributed by atoms with Crippen LogP contribution in [0.25, 0.3) is 0 Å². The van der Waals surface area contributed by atoms with E-state index in [4.69, 9.17) is 16.3 Å². The van der Waals surface area contributed by atoms with Crippen LogP contribution in [0.4, 0.5) is 0 Å². The lowest BCUT2D eigenvalue weighted by Gasteiger charge is -2.25. The number of hydrogen-bond acceptors (Lipinski definition) is 3. The molecular formula is C10H18ClN3O. The molecule has 15 heavy (non-hydrogen) atoms. The molecule has 0 amide bonds. The highest BCUT2D eigenvalue weighted by atomic mass is 35.5. The fourth-order valence-corrected chi connectivity index (χ4v) is 1.74. The number of aromatic nitrogens is 3. The van der Waals surface area contributed by atoms with Crippen LogP contribution >= 0.6 is 11.6 Å². The molecule has 0 bridgehead atoms. The molecule has 1 aromatic heterocycles. The van der Waals surface area contributed by atoms with Gasteiger partial charge in [0.2, 0.25) is 5.28 Å². The summed E-state index contributed by atoms with van der Waals surface area (Å²) in [6.45, 7) is 9.45. The minimum atomic E-state index is -0.245. The van der Waals surface area contributed by atoms with E-state index in [1.54, 1.807) is 0 Å². The van der Waals surface area contributed by atoms with Crippen molar-refractivity contribution in [3.05, 3.63) is 11.1 Å². The molecule has 0 aliphatic carbocycles. The van der Waals surface area contributed by atoms with Crippen molar-refractivity contribution >= 4 is 11.6 Å². The molecule has 1 rings (SSSR count). The highest BCUT2D eigenvalue weighted by Crippen LogP contribution is 2.17. The first kappa shape index (κ1) is 12.5. The van der Waals surface area contributed by atoms with Gasteiger partial charge in [0.1, 0.15) is 5.82 Å². The third kappa shape index (κ3) is 3.18. The first-order chi connectivity index (χ1) is 7.00. The summed E-state index contributed by atoms with van der Waals surface area (Å²) in [6, 6.07) is 0. The molecule has 0 aromatic carbocycles. The van der Waals surface area contributed by atoms with Gasteiger partial charge in [-0.1, -0.05) is 6.92 Å². The van der Waals surface area contributed by atoms with E-state index < -0.39 is 0 Å². The van der Waals surface area contributed by atoms with Crippen LogP contribution in [0.1, 0.15) is 33.5 Å². The average Bonchev–Trinajstić information content (AvgIpc) is 2.47. The maximum Gasteiger partial charge on any atom is 0.225 e. The van der Waals surface area contributed by atoms with E-state index in [1.807, 2.05) is 32.3 Å². The quantitative estimate of drug-likeness (QED) is 0.781. The first-order valence-corrected chi connectivity index (χ1v) is 5.59. The van der Waals surface area contributed by atoms with Crippen LogP contribution in [-0.2, 0) is 17.7 Å². The van der Waals surface area contributed by atoms with E-state index in [0.717, 1.165) is 12.2 Å². The lowest BCUT2D eigenvalue weighted by Crippen LogP contribution is -2.31. The summed E-state index contributed by atoms with van der Waals surface area (Å²) in [6.07, 6.45) is 0.821. The van der Waals surface area contributed by atoms with Crippen molar-refractivity contribution in [2.45, 2.75) is 46.3 Å². The molecule has 0 fully saturated rings. The number of hydrogen-bond donors (Lipinski definition) is 0. The van der Waals surface area contributed by atoms with Gasteiger partial charge in [0.15, 0.2) is 0 Å². The van der Waals surface area contributed by atoms with Crippen molar-refractivity contribution in [3.63, 3.8) is 0 Å². The topological polar surface area (TPSA) is 39.9 Å².